The van der Waals surface area contributed by atoms with Crippen molar-refractivity contribution in [3.63, 3.8) is 0 Å². The highest BCUT2D eigenvalue weighted by atomic mass is 19.4. The van der Waals surface area contributed by atoms with E-state index in [1.54, 1.807) is 0 Å². The zero-order valence-electron chi connectivity index (χ0n) is 7.08. The van der Waals surface area contributed by atoms with Crippen molar-refractivity contribution in [3.05, 3.63) is 0 Å². The minimum Gasteiger partial charge on any atom is -0.286 e. The largest absolute Gasteiger partial charge is 0.401 e. The molecule has 5 heteroatoms. The third-order valence-electron chi connectivity index (χ3n) is 1.70. The maximum atomic E-state index is 13.1. The third-order valence-corrected chi connectivity index (χ3v) is 1.70. The normalized spacial score (nSPS) is 21.6. The number of rotatable bonds is 1. The van der Waals surface area contributed by atoms with Gasteiger partial charge in [-0.2, -0.15) is 13.2 Å². The van der Waals surface area contributed by atoms with Crippen LogP contribution < -0.4 is 0 Å². The Kier molecular flexibility index (Phi) is 2.53. The lowest BCUT2D eigenvalue weighted by atomic mass is 9.97. The van der Waals surface area contributed by atoms with Gasteiger partial charge in [-0.1, -0.05) is 5.92 Å². The molecule has 0 atom stereocenters. The first kappa shape index (κ1) is 10.3. The average molecular weight is 195 g/mol. The molecular weight excluding hydrogens is 186 g/mol. The first-order valence-corrected chi connectivity index (χ1v) is 3.77. The Morgan fingerprint density at radius 1 is 1.38 bits per heavy atom. The van der Waals surface area contributed by atoms with Crippen molar-refractivity contribution in [1.82, 2.24) is 4.90 Å². The zero-order valence-corrected chi connectivity index (χ0v) is 7.08. The monoisotopic (exact) mass is 195 g/mol. The smallest absolute Gasteiger partial charge is 0.286 e. The molecule has 0 aromatic rings. The summed E-state index contributed by atoms with van der Waals surface area (Å²) in [7, 11) is 0. The summed E-state index contributed by atoms with van der Waals surface area (Å²) in [5.74, 6) is 4.61. The van der Waals surface area contributed by atoms with Crippen LogP contribution in [0.25, 0.3) is 0 Å². The zero-order chi connectivity index (χ0) is 10.1. The number of likely N-dealkylation sites (tertiary alicyclic amines) is 1. The molecule has 1 rings (SSSR count). The van der Waals surface area contributed by atoms with E-state index in [4.69, 9.17) is 0 Å². The van der Waals surface area contributed by atoms with Crippen LogP contribution in [0, 0.1) is 11.8 Å². The van der Waals surface area contributed by atoms with E-state index in [2.05, 4.69) is 11.8 Å². The van der Waals surface area contributed by atoms with Crippen LogP contribution in [0.5, 0.6) is 0 Å². The summed E-state index contributed by atoms with van der Waals surface area (Å²) >= 11 is 0. The van der Waals surface area contributed by atoms with Crippen molar-refractivity contribution >= 4 is 0 Å². The van der Waals surface area contributed by atoms with E-state index in [-0.39, 0.29) is 13.1 Å². The van der Waals surface area contributed by atoms with Gasteiger partial charge >= 0.3 is 6.18 Å². The summed E-state index contributed by atoms with van der Waals surface area (Å²) < 4.78 is 48.4. The molecule has 0 aromatic carbocycles. The molecule has 0 spiro atoms. The maximum absolute atomic E-state index is 13.1. The minimum atomic E-state index is -4.25. The summed E-state index contributed by atoms with van der Waals surface area (Å²) in [6, 6.07) is 0. The molecule has 13 heavy (non-hydrogen) atoms. The van der Waals surface area contributed by atoms with E-state index >= 15 is 0 Å². The van der Waals surface area contributed by atoms with Crippen LogP contribution in [-0.4, -0.2) is 36.4 Å². The van der Waals surface area contributed by atoms with Gasteiger partial charge < -0.3 is 0 Å². The van der Waals surface area contributed by atoms with E-state index in [1.165, 1.54) is 6.92 Å². The van der Waals surface area contributed by atoms with Crippen LogP contribution in [0.2, 0.25) is 0 Å². The second kappa shape index (κ2) is 3.18. The maximum Gasteiger partial charge on any atom is 0.401 e. The standard InChI is InChI=1S/C8H9F4N/c1-2-3-7(9)4-13(5-7)6-8(10,11)12/h4-6H2,1H3. The molecule has 1 aliphatic heterocycles. The van der Waals surface area contributed by atoms with Crippen molar-refractivity contribution in [2.45, 2.75) is 18.8 Å². The molecule has 1 saturated heterocycles. The van der Waals surface area contributed by atoms with Gasteiger partial charge in [0.05, 0.1) is 6.54 Å². The molecule has 0 aromatic heterocycles. The van der Waals surface area contributed by atoms with E-state index in [1.807, 2.05) is 0 Å². The highest BCUT2D eigenvalue weighted by Crippen LogP contribution is 2.28. The quantitative estimate of drug-likeness (QED) is 0.453. The predicted octanol–water partition coefficient (Wildman–Crippen LogP) is 1.60. The Morgan fingerprint density at radius 3 is 2.31 bits per heavy atom. The van der Waals surface area contributed by atoms with Crippen LogP contribution in [0.3, 0.4) is 0 Å². The van der Waals surface area contributed by atoms with Gasteiger partial charge in [-0.15, -0.1) is 5.92 Å². The Balaban J connectivity index is 2.36. The van der Waals surface area contributed by atoms with Gasteiger partial charge in [-0.3, -0.25) is 4.90 Å². The topological polar surface area (TPSA) is 3.24 Å². The second-order valence-electron chi connectivity index (χ2n) is 3.10. The molecule has 1 aliphatic rings. The Morgan fingerprint density at radius 2 is 1.92 bits per heavy atom. The minimum absolute atomic E-state index is 0.243. The van der Waals surface area contributed by atoms with E-state index < -0.39 is 18.4 Å². The molecule has 1 heterocycles. The van der Waals surface area contributed by atoms with Crippen molar-refractivity contribution in [2.24, 2.45) is 0 Å². The molecule has 0 saturated carbocycles. The SMILES string of the molecule is CC#CC1(F)CN(CC(F)(F)F)C1. The lowest BCUT2D eigenvalue weighted by Crippen LogP contribution is -2.60. The van der Waals surface area contributed by atoms with E-state index in [0.717, 1.165) is 4.90 Å². The third kappa shape index (κ3) is 2.88. The first-order chi connectivity index (χ1) is 5.85. The molecule has 0 radical (unpaired) electrons. The van der Waals surface area contributed by atoms with Crippen molar-refractivity contribution < 1.29 is 17.6 Å². The molecule has 0 N–H and O–H groups in total. The number of hydrogen-bond acceptors (Lipinski definition) is 1. The van der Waals surface area contributed by atoms with Gasteiger partial charge in [-0.05, 0) is 6.92 Å². The Hall–Kier alpha value is -0.760. The van der Waals surface area contributed by atoms with Crippen LogP contribution in [0.4, 0.5) is 17.6 Å². The van der Waals surface area contributed by atoms with Gasteiger partial charge in [0.2, 0.25) is 0 Å². The second-order valence-corrected chi connectivity index (χ2v) is 3.10. The predicted molar refractivity (Wildman–Crippen MR) is 39.8 cm³/mol. The van der Waals surface area contributed by atoms with Gasteiger partial charge in [0.1, 0.15) is 0 Å². The molecular formula is C8H9F4N. The first-order valence-electron chi connectivity index (χ1n) is 3.77. The van der Waals surface area contributed by atoms with E-state index in [0.29, 0.717) is 0 Å². The summed E-state index contributed by atoms with van der Waals surface area (Å²) in [4.78, 5) is 0.990. The molecule has 74 valence electrons. The van der Waals surface area contributed by atoms with Gasteiger partial charge in [0, 0.05) is 13.1 Å². The van der Waals surface area contributed by atoms with Gasteiger partial charge in [0.25, 0.3) is 0 Å². The number of hydrogen-bond donors (Lipinski definition) is 0. The summed E-state index contributed by atoms with van der Waals surface area (Å²) in [5, 5.41) is 0. The van der Waals surface area contributed by atoms with Crippen LogP contribution in [0.1, 0.15) is 6.92 Å². The van der Waals surface area contributed by atoms with Crippen LogP contribution in [-0.2, 0) is 0 Å². The van der Waals surface area contributed by atoms with Gasteiger partial charge in [-0.25, -0.2) is 4.39 Å². The molecule has 0 aliphatic carbocycles. The highest BCUT2D eigenvalue weighted by Gasteiger charge is 2.46. The molecule has 1 nitrogen and oxygen atoms in total. The number of nitrogens with zero attached hydrogens (tertiary/aromatic N) is 1. The van der Waals surface area contributed by atoms with Crippen molar-refractivity contribution in [3.8, 4) is 11.8 Å². The number of halogens is 4. The lowest BCUT2D eigenvalue weighted by Gasteiger charge is -2.41. The molecule has 0 amide bonds. The lowest BCUT2D eigenvalue weighted by molar-refractivity contribution is -0.165. The van der Waals surface area contributed by atoms with Gasteiger partial charge in [0.15, 0.2) is 5.67 Å². The highest BCUT2D eigenvalue weighted by molar-refractivity contribution is 5.20. The van der Waals surface area contributed by atoms with E-state index in [9.17, 15) is 17.6 Å². The Bertz CT molecular complexity index is 241. The fourth-order valence-corrected chi connectivity index (χ4v) is 1.33. The summed E-state index contributed by atoms with van der Waals surface area (Å²) in [6.45, 7) is -0.0709. The molecule has 0 bridgehead atoms. The van der Waals surface area contributed by atoms with Crippen molar-refractivity contribution in [1.29, 1.82) is 0 Å². The summed E-state index contributed by atoms with van der Waals surface area (Å²) in [5.41, 5.74) is -1.72. The van der Waals surface area contributed by atoms with Crippen LogP contribution >= 0.6 is 0 Å². The molecule has 1 fully saturated rings. The average Bonchev–Trinajstić information content (AvgIpc) is 1.80. The molecule has 0 unspecified atom stereocenters. The number of alkyl halides is 4. The fourth-order valence-electron chi connectivity index (χ4n) is 1.33. The Labute approximate surface area is 73.7 Å². The van der Waals surface area contributed by atoms with Crippen LogP contribution in [0.15, 0.2) is 0 Å². The van der Waals surface area contributed by atoms with Crippen molar-refractivity contribution in [2.75, 3.05) is 19.6 Å². The fraction of sp³-hybridized carbons (Fsp3) is 0.750. The summed E-state index contributed by atoms with van der Waals surface area (Å²) in [6.07, 6.45) is -4.25.